The maximum atomic E-state index is 12.5. The van der Waals surface area contributed by atoms with Gasteiger partial charge < -0.3 is 4.98 Å². The third-order valence-electron chi connectivity index (χ3n) is 3.03. The molecule has 3 rings (SSSR count). The maximum Gasteiger partial charge on any atom is 0.195 e. The molecule has 0 aliphatic rings. The molecule has 0 saturated carbocycles. The predicted molar refractivity (Wildman–Crippen MR) is 83.2 cm³/mol. The van der Waals surface area contributed by atoms with E-state index in [-0.39, 0.29) is 5.78 Å². The van der Waals surface area contributed by atoms with Gasteiger partial charge in [0, 0.05) is 38.3 Å². The van der Waals surface area contributed by atoms with Crippen molar-refractivity contribution in [2.24, 2.45) is 0 Å². The first-order valence-electron chi connectivity index (χ1n) is 5.82. The number of nitrogens with one attached hydrogen (secondary N) is 1. The summed E-state index contributed by atoms with van der Waals surface area (Å²) >= 11 is 18.0. The Bertz CT molecular complexity index is 823. The largest absolute Gasteiger partial charge is 0.360 e. The number of carbonyl (C=O) groups excluding carboxylic acids is 1. The Morgan fingerprint density at radius 2 is 1.80 bits per heavy atom. The molecule has 0 aliphatic carbocycles. The molecule has 20 heavy (non-hydrogen) atoms. The van der Waals surface area contributed by atoms with Crippen LogP contribution in [0.15, 0.2) is 42.6 Å². The average Bonchev–Trinajstić information content (AvgIpc) is 2.81. The molecule has 1 aromatic heterocycles. The lowest BCUT2D eigenvalue weighted by Gasteiger charge is -2.02. The summed E-state index contributed by atoms with van der Waals surface area (Å²) in [6, 6.07) is 10.2. The van der Waals surface area contributed by atoms with Crippen LogP contribution >= 0.6 is 34.8 Å². The number of hydrogen-bond donors (Lipinski definition) is 1. The highest BCUT2D eigenvalue weighted by Gasteiger charge is 2.17. The van der Waals surface area contributed by atoms with Gasteiger partial charge >= 0.3 is 0 Å². The van der Waals surface area contributed by atoms with E-state index in [4.69, 9.17) is 34.8 Å². The highest BCUT2D eigenvalue weighted by Crippen LogP contribution is 2.31. The van der Waals surface area contributed by atoms with E-state index in [2.05, 4.69) is 4.98 Å². The molecule has 0 unspecified atom stereocenters. The SMILES string of the molecule is O=C(c1cccc(Cl)c1)c1c[nH]c2cc(Cl)cc(Cl)c12. The number of halogens is 3. The van der Waals surface area contributed by atoms with Crippen molar-refractivity contribution >= 4 is 51.5 Å². The summed E-state index contributed by atoms with van der Waals surface area (Å²) in [4.78, 5) is 15.6. The lowest BCUT2D eigenvalue weighted by Crippen LogP contribution is -2.00. The fraction of sp³-hybridized carbons (Fsp3) is 0. The van der Waals surface area contributed by atoms with E-state index in [1.807, 2.05) is 0 Å². The molecule has 0 atom stereocenters. The van der Waals surface area contributed by atoms with E-state index < -0.39 is 0 Å². The van der Waals surface area contributed by atoms with Crippen molar-refractivity contribution in [1.29, 1.82) is 0 Å². The maximum absolute atomic E-state index is 12.5. The van der Waals surface area contributed by atoms with Crippen LogP contribution in [-0.4, -0.2) is 10.8 Å². The number of aromatic nitrogens is 1. The zero-order valence-corrected chi connectivity index (χ0v) is 12.4. The molecule has 1 N–H and O–H groups in total. The van der Waals surface area contributed by atoms with Crippen molar-refractivity contribution < 1.29 is 4.79 Å². The van der Waals surface area contributed by atoms with Gasteiger partial charge in [0.2, 0.25) is 0 Å². The van der Waals surface area contributed by atoms with Gasteiger partial charge in [0.1, 0.15) is 0 Å². The fourth-order valence-electron chi connectivity index (χ4n) is 2.15. The Morgan fingerprint density at radius 1 is 1.00 bits per heavy atom. The van der Waals surface area contributed by atoms with Crippen LogP contribution in [0.25, 0.3) is 10.9 Å². The molecule has 0 spiro atoms. The normalized spacial score (nSPS) is 10.9. The Balaban J connectivity index is 2.18. The second-order valence-corrected chi connectivity index (χ2v) is 5.63. The van der Waals surface area contributed by atoms with Crippen molar-refractivity contribution in [3.05, 3.63) is 68.8 Å². The Hall–Kier alpha value is -1.48. The number of ketones is 1. The summed E-state index contributed by atoms with van der Waals surface area (Å²) < 4.78 is 0. The van der Waals surface area contributed by atoms with Crippen molar-refractivity contribution in [3.8, 4) is 0 Å². The lowest BCUT2D eigenvalue weighted by molar-refractivity contribution is 0.104. The second-order valence-electron chi connectivity index (χ2n) is 4.35. The number of hydrogen-bond acceptors (Lipinski definition) is 1. The highest BCUT2D eigenvalue weighted by molar-refractivity contribution is 6.40. The molecule has 0 bridgehead atoms. The molecule has 1 heterocycles. The minimum Gasteiger partial charge on any atom is -0.360 e. The average molecular weight is 325 g/mol. The third kappa shape index (κ3) is 2.31. The van der Waals surface area contributed by atoms with Crippen LogP contribution < -0.4 is 0 Å². The predicted octanol–water partition coefficient (Wildman–Crippen LogP) is 5.36. The number of benzene rings is 2. The first-order chi connectivity index (χ1) is 9.56. The van der Waals surface area contributed by atoms with Crippen LogP contribution in [0.3, 0.4) is 0 Å². The zero-order chi connectivity index (χ0) is 14.3. The van der Waals surface area contributed by atoms with Gasteiger partial charge in [0.25, 0.3) is 0 Å². The van der Waals surface area contributed by atoms with Gasteiger partial charge in [-0.25, -0.2) is 0 Å². The fourth-order valence-corrected chi connectivity index (χ4v) is 2.93. The Labute approximate surface area is 130 Å². The molecular formula is C15H8Cl3NO. The van der Waals surface area contributed by atoms with E-state index in [0.717, 1.165) is 5.52 Å². The van der Waals surface area contributed by atoms with Gasteiger partial charge in [-0.2, -0.15) is 0 Å². The molecule has 0 aliphatic heterocycles. The van der Waals surface area contributed by atoms with Crippen LogP contribution in [-0.2, 0) is 0 Å². The lowest BCUT2D eigenvalue weighted by atomic mass is 10.0. The molecule has 0 fully saturated rings. The van der Waals surface area contributed by atoms with E-state index >= 15 is 0 Å². The Morgan fingerprint density at radius 3 is 2.55 bits per heavy atom. The minimum absolute atomic E-state index is 0.136. The molecule has 2 aromatic carbocycles. The van der Waals surface area contributed by atoms with Gasteiger partial charge in [-0.05, 0) is 24.3 Å². The number of H-pyrrole nitrogens is 1. The summed E-state index contributed by atoms with van der Waals surface area (Å²) in [5.74, 6) is -0.136. The summed E-state index contributed by atoms with van der Waals surface area (Å²) in [5, 5.41) is 2.15. The van der Waals surface area contributed by atoms with Gasteiger partial charge in [-0.15, -0.1) is 0 Å². The highest BCUT2D eigenvalue weighted by atomic mass is 35.5. The van der Waals surface area contributed by atoms with Crippen LogP contribution in [0.5, 0.6) is 0 Å². The monoisotopic (exact) mass is 323 g/mol. The van der Waals surface area contributed by atoms with Crippen molar-refractivity contribution in [1.82, 2.24) is 4.98 Å². The van der Waals surface area contributed by atoms with E-state index in [0.29, 0.717) is 31.6 Å². The van der Waals surface area contributed by atoms with Gasteiger partial charge in [0.15, 0.2) is 5.78 Å². The minimum atomic E-state index is -0.136. The molecule has 3 aromatic rings. The number of rotatable bonds is 2. The van der Waals surface area contributed by atoms with E-state index in [1.165, 1.54) is 0 Å². The standard InChI is InChI=1S/C15H8Cl3NO/c16-9-3-1-2-8(4-9)15(20)11-7-19-13-6-10(17)5-12(18)14(11)13/h1-7,19H. The summed E-state index contributed by atoms with van der Waals surface area (Å²) in [5.41, 5.74) is 1.75. The number of carbonyl (C=O) groups is 1. The molecule has 2 nitrogen and oxygen atoms in total. The summed E-state index contributed by atoms with van der Waals surface area (Å²) in [7, 11) is 0. The Kier molecular flexibility index (Phi) is 3.47. The topological polar surface area (TPSA) is 32.9 Å². The van der Waals surface area contributed by atoms with Crippen molar-refractivity contribution in [3.63, 3.8) is 0 Å². The second kappa shape index (κ2) is 5.13. The first-order valence-corrected chi connectivity index (χ1v) is 6.96. The molecule has 0 radical (unpaired) electrons. The molecule has 100 valence electrons. The van der Waals surface area contributed by atoms with Crippen molar-refractivity contribution in [2.45, 2.75) is 0 Å². The van der Waals surface area contributed by atoms with Gasteiger partial charge in [-0.3, -0.25) is 4.79 Å². The third-order valence-corrected chi connectivity index (χ3v) is 3.78. The van der Waals surface area contributed by atoms with Gasteiger partial charge in [0.05, 0.1) is 5.02 Å². The van der Waals surface area contributed by atoms with Gasteiger partial charge in [-0.1, -0.05) is 46.9 Å². The van der Waals surface area contributed by atoms with Crippen LogP contribution in [0.4, 0.5) is 0 Å². The summed E-state index contributed by atoms with van der Waals surface area (Å²) in [6.07, 6.45) is 1.64. The molecular weight excluding hydrogens is 317 g/mol. The van der Waals surface area contributed by atoms with Crippen LogP contribution in [0.2, 0.25) is 15.1 Å². The number of aromatic amines is 1. The summed E-state index contributed by atoms with van der Waals surface area (Å²) in [6.45, 7) is 0. The molecule has 0 amide bonds. The van der Waals surface area contributed by atoms with E-state index in [1.54, 1.807) is 42.6 Å². The van der Waals surface area contributed by atoms with E-state index in [9.17, 15) is 4.79 Å². The molecule has 5 heteroatoms. The quantitative estimate of drug-likeness (QED) is 0.632. The van der Waals surface area contributed by atoms with Crippen molar-refractivity contribution in [2.75, 3.05) is 0 Å². The number of fused-ring (bicyclic) bond motifs is 1. The first kappa shape index (κ1) is 13.5. The van der Waals surface area contributed by atoms with Crippen LogP contribution in [0, 0.1) is 0 Å². The smallest absolute Gasteiger partial charge is 0.195 e. The molecule has 0 saturated heterocycles. The zero-order valence-electron chi connectivity index (χ0n) is 10.1. The van der Waals surface area contributed by atoms with Crippen LogP contribution in [0.1, 0.15) is 15.9 Å².